The highest BCUT2D eigenvalue weighted by Crippen LogP contribution is 2.55. The highest BCUT2D eigenvalue weighted by atomic mass is 16.6. The normalized spacial score (nSPS) is 47.4. The van der Waals surface area contributed by atoms with E-state index in [0.717, 1.165) is 25.7 Å². The molecule has 14 heavy (non-hydrogen) atoms. The molecule has 0 spiro atoms. The van der Waals surface area contributed by atoms with Crippen LogP contribution in [0.2, 0.25) is 0 Å². The van der Waals surface area contributed by atoms with E-state index in [9.17, 15) is 15.2 Å². The average molecular weight is 199 g/mol. The molecule has 2 rings (SSSR count). The molecule has 0 radical (unpaired) electrons. The van der Waals surface area contributed by atoms with Crippen LogP contribution in [0.5, 0.6) is 0 Å². The predicted octanol–water partition coefficient (Wildman–Crippen LogP) is 1.74. The summed E-state index contributed by atoms with van der Waals surface area (Å²) in [6, 6.07) is -0.729. The van der Waals surface area contributed by atoms with E-state index in [1.54, 1.807) is 0 Å². The molecule has 4 heteroatoms. The molecule has 0 aromatic rings. The summed E-state index contributed by atoms with van der Waals surface area (Å²) in [5.41, 5.74) is -1.24. The number of fused-ring (bicyclic) bond motifs is 1. The van der Waals surface area contributed by atoms with Crippen molar-refractivity contribution in [2.75, 3.05) is 0 Å². The second kappa shape index (κ2) is 2.92. The van der Waals surface area contributed by atoms with Crippen LogP contribution in [0.15, 0.2) is 0 Å². The van der Waals surface area contributed by atoms with E-state index in [4.69, 9.17) is 0 Å². The molecular formula is C10H17NO3. The number of nitro groups is 1. The smallest absolute Gasteiger partial charge is 0.241 e. The van der Waals surface area contributed by atoms with Gasteiger partial charge in [0.05, 0.1) is 0 Å². The summed E-state index contributed by atoms with van der Waals surface area (Å²) >= 11 is 0. The van der Waals surface area contributed by atoms with Gasteiger partial charge in [-0.2, -0.15) is 0 Å². The fourth-order valence-corrected chi connectivity index (χ4v) is 3.31. The molecule has 0 bridgehead atoms. The van der Waals surface area contributed by atoms with Gasteiger partial charge in [-0.1, -0.05) is 19.8 Å². The lowest BCUT2D eigenvalue weighted by atomic mass is 9.65. The molecule has 3 unspecified atom stereocenters. The van der Waals surface area contributed by atoms with E-state index >= 15 is 0 Å². The van der Waals surface area contributed by atoms with E-state index in [2.05, 4.69) is 0 Å². The van der Waals surface area contributed by atoms with E-state index in [1.807, 2.05) is 6.92 Å². The Labute approximate surface area is 83.5 Å². The van der Waals surface area contributed by atoms with Gasteiger partial charge in [0.15, 0.2) is 0 Å². The standard InChI is InChI=1S/C10H17NO3/c1-9-5-2-3-6-10(9,12)8(4-7-9)11(13)14/h8,12H,2-7H2,1H3. The van der Waals surface area contributed by atoms with Crippen molar-refractivity contribution in [1.82, 2.24) is 0 Å². The Morgan fingerprint density at radius 2 is 2.00 bits per heavy atom. The molecule has 2 aliphatic rings. The molecule has 0 aliphatic heterocycles. The molecule has 80 valence electrons. The first-order valence-electron chi connectivity index (χ1n) is 5.35. The Kier molecular flexibility index (Phi) is 2.07. The van der Waals surface area contributed by atoms with Crippen LogP contribution in [0.25, 0.3) is 0 Å². The van der Waals surface area contributed by atoms with E-state index < -0.39 is 11.6 Å². The van der Waals surface area contributed by atoms with Gasteiger partial charge in [0.25, 0.3) is 0 Å². The largest absolute Gasteiger partial charge is 0.382 e. The van der Waals surface area contributed by atoms with Gasteiger partial charge < -0.3 is 5.11 Å². The minimum Gasteiger partial charge on any atom is -0.382 e. The molecule has 1 N–H and O–H groups in total. The molecule has 2 fully saturated rings. The van der Waals surface area contributed by atoms with Crippen molar-refractivity contribution < 1.29 is 10.0 Å². The summed E-state index contributed by atoms with van der Waals surface area (Å²) in [6.07, 6.45) is 4.91. The third kappa shape index (κ3) is 1.10. The Bertz CT molecular complexity index is 268. The van der Waals surface area contributed by atoms with Gasteiger partial charge in [0, 0.05) is 16.8 Å². The maximum Gasteiger partial charge on any atom is 0.241 e. The molecule has 2 aliphatic carbocycles. The molecule has 0 heterocycles. The molecule has 0 saturated heterocycles. The van der Waals surface area contributed by atoms with Crippen LogP contribution in [0.3, 0.4) is 0 Å². The zero-order valence-corrected chi connectivity index (χ0v) is 8.53. The first-order valence-corrected chi connectivity index (χ1v) is 5.35. The van der Waals surface area contributed by atoms with Gasteiger partial charge in [0.1, 0.15) is 5.60 Å². The topological polar surface area (TPSA) is 63.4 Å². The van der Waals surface area contributed by atoms with E-state index in [-0.39, 0.29) is 10.3 Å². The van der Waals surface area contributed by atoms with Crippen LogP contribution in [-0.4, -0.2) is 21.7 Å². The minimum atomic E-state index is -1.03. The Balaban J connectivity index is 2.32. The predicted molar refractivity (Wildman–Crippen MR) is 51.5 cm³/mol. The number of nitrogens with zero attached hydrogens (tertiary/aromatic N) is 1. The molecular weight excluding hydrogens is 182 g/mol. The number of hydrogen-bond acceptors (Lipinski definition) is 3. The van der Waals surface area contributed by atoms with Crippen LogP contribution in [0.4, 0.5) is 0 Å². The lowest BCUT2D eigenvalue weighted by Gasteiger charge is -2.43. The summed E-state index contributed by atoms with van der Waals surface area (Å²) in [5.74, 6) is 0. The molecule has 3 atom stereocenters. The van der Waals surface area contributed by atoms with Crippen molar-refractivity contribution in [1.29, 1.82) is 0 Å². The fourth-order valence-electron chi connectivity index (χ4n) is 3.31. The van der Waals surface area contributed by atoms with E-state index in [1.165, 1.54) is 0 Å². The van der Waals surface area contributed by atoms with Crippen LogP contribution in [0, 0.1) is 15.5 Å². The Morgan fingerprint density at radius 3 is 2.64 bits per heavy atom. The van der Waals surface area contributed by atoms with Gasteiger partial charge in [-0.15, -0.1) is 0 Å². The molecule has 0 aromatic heterocycles. The first-order chi connectivity index (χ1) is 6.50. The number of hydrogen-bond donors (Lipinski definition) is 1. The third-order valence-corrected chi connectivity index (χ3v) is 4.36. The highest BCUT2D eigenvalue weighted by Gasteiger charge is 2.62. The third-order valence-electron chi connectivity index (χ3n) is 4.36. The lowest BCUT2D eigenvalue weighted by molar-refractivity contribution is -0.545. The van der Waals surface area contributed by atoms with Crippen molar-refractivity contribution in [3.8, 4) is 0 Å². The molecule has 2 saturated carbocycles. The van der Waals surface area contributed by atoms with Crippen molar-refractivity contribution >= 4 is 0 Å². The zero-order valence-electron chi connectivity index (χ0n) is 8.53. The van der Waals surface area contributed by atoms with Gasteiger partial charge in [0.2, 0.25) is 6.04 Å². The SMILES string of the molecule is CC12CCCCC1(O)C([N+](=O)[O-])CC2. The van der Waals surface area contributed by atoms with Gasteiger partial charge in [-0.25, -0.2) is 0 Å². The average Bonchev–Trinajstić information content (AvgIpc) is 2.37. The number of rotatable bonds is 1. The molecule has 0 aromatic carbocycles. The van der Waals surface area contributed by atoms with Crippen LogP contribution in [-0.2, 0) is 0 Å². The first kappa shape index (κ1) is 9.90. The second-order valence-electron chi connectivity index (χ2n) is 5.03. The van der Waals surface area contributed by atoms with Crippen LogP contribution >= 0.6 is 0 Å². The van der Waals surface area contributed by atoms with E-state index in [0.29, 0.717) is 12.8 Å². The molecule has 0 amide bonds. The second-order valence-corrected chi connectivity index (χ2v) is 5.03. The Hall–Kier alpha value is -0.640. The van der Waals surface area contributed by atoms with Crippen molar-refractivity contribution in [2.24, 2.45) is 5.41 Å². The maximum absolute atomic E-state index is 10.8. The maximum atomic E-state index is 10.8. The summed E-state index contributed by atoms with van der Waals surface area (Å²) in [7, 11) is 0. The summed E-state index contributed by atoms with van der Waals surface area (Å²) in [5, 5.41) is 21.3. The van der Waals surface area contributed by atoms with Crippen LogP contribution in [0.1, 0.15) is 45.4 Å². The van der Waals surface area contributed by atoms with Gasteiger partial charge >= 0.3 is 0 Å². The summed E-state index contributed by atoms with van der Waals surface area (Å²) in [6.45, 7) is 2.01. The Morgan fingerprint density at radius 1 is 1.36 bits per heavy atom. The van der Waals surface area contributed by atoms with Crippen LogP contribution < -0.4 is 0 Å². The summed E-state index contributed by atoms with van der Waals surface area (Å²) in [4.78, 5) is 10.6. The monoisotopic (exact) mass is 199 g/mol. The zero-order chi connectivity index (χ0) is 10.4. The van der Waals surface area contributed by atoms with Crippen molar-refractivity contribution in [3.05, 3.63) is 10.1 Å². The van der Waals surface area contributed by atoms with Gasteiger partial charge in [-0.3, -0.25) is 10.1 Å². The summed E-state index contributed by atoms with van der Waals surface area (Å²) < 4.78 is 0. The van der Waals surface area contributed by atoms with Gasteiger partial charge in [-0.05, 0) is 19.3 Å². The lowest BCUT2D eigenvalue weighted by Crippen LogP contribution is -2.53. The minimum absolute atomic E-state index is 0.205. The molecule has 4 nitrogen and oxygen atoms in total. The van der Waals surface area contributed by atoms with Crippen molar-refractivity contribution in [3.63, 3.8) is 0 Å². The quantitative estimate of drug-likeness (QED) is 0.516. The van der Waals surface area contributed by atoms with Crippen molar-refractivity contribution in [2.45, 2.75) is 57.1 Å². The highest BCUT2D eigenvalue weighted by molar-refractivity contribution is 5.08. The fraction of sp³-hybridized carbons (Fsp3) is 1.00. The number of aliphatic hydroxyl groups is 1.